The van der Waals surface area contributed by atoms with Gasteiger partial charge in [-0.3, -0.25) is 4.79 Å². The Morgan fingerprint density at radius 2 is 2.00 bits per heavy atom. The first-order chi connectivity index (χ1) is 7.08. The van der Waals surface area contributed by atoms with Gasteiger partial charge in [-0.05, 0) is 18.2 Å². The van der Waals surface area contributed by atoms with Crippen LogP contribution < -0.4 is 5.43 Å². The van der Waals surface area contributed by atoms with Gasteiger partial charge in [0.05, 0.1) is 5.52 Å². The van der Waals surface area contributed by atoms with Crippen molar-refractivity contribution in [2.75, 3.05) is 0 Å². The van der Waals surface area contributed by atoms with Crippen LogP contribution in [0.15, 0.2) is 29.1 Å². The maximum Gasteiger partial charge on any atom is 0.352 e. The number of rotatable bonds is 1. The van der Waals surface area contributed by atoms with Crippen molar-refractivity contribution < 1.29 is 9.90 Å². The first-order valence-electron chi connectivity index (χ1n) is 4.14. The molecule has 2 rings (SSSR count). The molecule has 0 aliphatic heterocycles. The van der Waals surface area contributed by atoms with Crippen molar-refractivity contribution in [3.05, 3.63) is 45.2 Å². The number of H-pyrrole nitrogens is 1. The Kier molecular flexibility index (Phi) is 4.15. The average molecular weight is 247 g/mol. The molecule has 1 aromatic heterocycles. The fourth-order valence-corrected chi connectivity index (χ4v) is 1.51. The van der Waals surface area contributed by atoms with Crippen molar-refractivity contribution >= 4 is 58.0 Å². The van der Waals surface area contributed by atoms with Crippen molar-refractivity contribution in [2.45, 2.75) is 0 Å². The van der Waals surface area contributed by atoms with Gasteiger partial charge in [-0.15, -0.1) is 0 Å². The number of aromatic amines is 1. The van der Waals surface area contributed by atoms with Gasteiger partial charge < -0.3 is 10.1 Å². The zero-order chi connectivity index (χ0) is 11.0. The van der Waals surface area contributed by atoms with Crippen molar-refractivity contribution in [3.8, 4) is 0 Å². The van der Waals surface area contributed by atoms with Gasteiger partial charge in [0.15, 0.2) is 5.43 Å². The van der Waals surface area contributed by atoms with Crippen molar-refractivity contribution in [3.63, 3.8) is 0 Å². The summed E-state index contributed by atoms with van der Waals surface area (Å²) in [7, 11) is 0. The molecule has 2 N–H and O–H groups in total. The first-order valence-corrected chi connectivity index (χ1v) is 4.51. The van der Waals surface area contributed by atoms with E-state index in [0.717, 1.165) is 6.07 Å². The van der Waals surface area contributed by atoms with E-state index in [4.69, 9.17) is 16.7 Å². The van der Waals surface area contributed by atoms with Crippen LogP contribution >= 0.6 is 11.6 Å². The average Bonchev–Trinajstić information content (AvgIpc) is 2.16. The van der Waals surface area contributed by atoms with Gasteiger partial charge >= 0.3 is 5.97 Å². The summed E-state index contributed by atoms with van der Waals surface area (Å²) in [6.07, 6.45) is 0. The van der Waals surface area contributed by atoms with E-state index in [-0.39, 0.29) is 40.7 Å². The minimum atomic E-state index is -1.17. The van der Waals surface area contributed by atoms with Crippen LogP contribution in [0.2, 0.25) is 5.02 Å². The minimum absolute atomic E-state index is 0. The molecule has 0 aliphatic carbocycles. The topological polar surface area (TPSA) is 70.2 Å². The fraction of sp³-hybridized carbons (Fsp3) is 0. The van der Waals surface area contributed by atoms with E-state index in [1.807, 2.05) is 0 Å². The number of nitrogens with one attached hydrogen (secondary N) is 1. The molecular weight excluding hydrogens is 241 g/mol. The number of benzene rings is 1. The molecule has 0 amide bonds. The standard InChI is InChI=1S/C10H6ClNO3.Na/c11-5-1-2-6-7(3-5)12-8(10(14)15)4-9(6)13;/h1-4H,(H,12,13)(H,14,15);. The molecule has 4 nitrogen and oxygen atoms in total. The van der Waals surface area contributed by atoms with Crippen LogP contribution in [0, 0.1) is 0 Å². The van der Waals surface area contributed by atoms with Gasteiger partial charge in [0.1, 0.15) is 5.69 Å². The third-order valence-electron chi connectivity index (χ3n) is 2.02. The Morgan fingerprint density at radius 3 is 2.62 bits per heavy atom. The third-order valence-corrected chi connectivity index (χ3v) is 2.26. The second-order valence-electron chi connectivity index (χ2n) is 3.04. The van der Waals surface area contributed by atoms with Crippen molar-refractivity contribution in [1.29, 1.82) is 0 Å². The van der Waals surface area contributed by atoms with Crippen LogP contribution in [0.4, 0.5) is 0 Å². The second kappa shape index (κ2) is 5.01. The van der Waals surface area contributed by atoms with Crippen LogP contribution in [-0.4, -0.2) is 45.6 Å². The summed E-state index contributed by atoms with van der Waals surface area (Å²) in [5.74, 6) is -1.17. The molecule has 1 aromatic carbocycles. The molecule has 0 saturated heterocycles. The number of aromatic nitrogens is 1. The summed E-state index contributed by atoms with van der Waals surface area (Å²) in [5, 5.41) is 9.60. The van der Waals surface area contributed by atoms with Crippen molar-refractivity contribution in [1.82, 2.24) is 4.98 Å². The third kappa shape index (κ3) is 2.47. The monoisotopic (exact) mass is 246 g/mol. The predicted molar refractivity (Wildman–Crippen MR) is 62.3 cm³/mol. The maximum atomic E-state index is 11.5. The van der Waals surface area contributed by atoms with Crippen LogP contribution in [0.25, 0.3) is 10.9 Å². The molecule has 2 aromatic rings. The Hall–Kier alpha value is -0.810. The quantitative estimate of drug-likeness (QED) is 0.749. The molecule has 1 radical (unpaired) electrons. The van der Waals surface area contributed by atoms with E-state index < -0.39 is 5.97 Å². The van der Waals surface area contributed by atoms with E-state index in [1.54, 1.807) is 12.1 Å². The van der Waals surface area contributed by atoms with Gasteiger partial charge in [-0.1, -0.05) is 11.6 Å². The van der Waals surface area contributed by atoms with E-state index in [0.29, 0.717) is 15.9 Å². The zero-order valence-corrected chi connectivity index (χ0v) is 11.2. The number of halogens is 1. The van der Waals surface area contributed by atoms with E-state index in [2.05, 4.69) is 4.98 Å². The molecule has 77 valence electrons. The van der Waals surface area contributed by atoms with Gasteiger partial charge in [0.2, 0.25) is 0 Å². The van der Waals surface area contributed by atoms with Gasteiger partial charge in [-0.25, -0.2) is 4.79 Å². The summed E-state index contributed by atoms with van der Waals surface area (Å²) in [6.45, 7) is 0. The predicted octanol–water partition coefficient (Wildman–Crippen LogP) is 1.50. The normalized spacial score (nSPS) is 9.81. The molecule has 0 spiro atoms. The Labute approximate surface area is 118 Å². The van der Waals surface area contributed by atoms with E-state index in [9.17, 15) is 9.59 Å². The fourth-order valence-electron chi connectivity index (χ4n) is 1.34. The smallest absolute Gasteiger partial charge is 0.352 e. The number of hydrogen-bond acceptors (Lipinski definition) is 2. The SMILES string of the molecule is O=C(O)c1cc(=O)c2ccc(Cl)cc2[nH]1.[Na]. The Bertz CT molecular complexity index is 609. The molecule has 16 heavy (non-hydrogen) atoms. The molecule has 0 fully saturated rings. The summed E-state index contributed by atoms with van der Waals surface area (Å²) in [6, 6.07) is 5.71. The number of carboxylic acid groups (broad SMARTS) is 1. The molecule has 0 saturated carbocycles. The largest absolute Gasteiger partial charge is 0.477 e. The molecule has 6 heteroatoms. The molecule has 0 atom stereocenters. The number of pyridine rings is 1. The van der Waals surface area contributed by atoms with Crippen LogP contribution in [0.1, 0.15) is 10.5 Å². The first kappa shape index (κ1) is 13.3. The molecule has 0 aliphatic rings. The number of carbonyl (C=O) groups is 1. The van der Waals surface area contributed by atoms with E-state index >= 15 is 0 Å². The van der Waals surface area contributed by atoms with E-state index in [1.165, 1.54) is 6.07 Å². The van der Waals surface area contributed by atoms with Gasteiger partial charge in [0, 0.05) is 46.0 Å². The number of carboxylic acids is 1. The van der Waals surface area contributed by atoms with Gasteiger partial charge in [-0.2, -0.15) is 0 Å². The summed E-state index contributed by atoms with van der Waals surface area (Å²) >= 11 is 5.73. The zero-order valence-electron chi connectivity index (χ0n) is 8.45. The molecular formula is C10H6ClNNaO3. The number of aromatic carboxylic acids is 1. The second-order valence-corrected chi connectivity index (χ2v) is 3.48. The number of hydrogen-bond donors (Lipinski definition) is 2. The van der Waals surface area contributed by atoms with Crippen molar-refractivity contribution in [2.24, 2.45) is 0 Å². The van der Waals surface area contributed by atoms with Crippen LogP contribution in [-0.2, 0) is 0 Å². The summed E-state index contributed by atoms with van der Waals surface area (Å²) in [4.78, 5) is 24.8. The Balaban J connectivity index is 0.00000128. The van der Waals surface area contributed by atoms with Crippen LogP contribution in [0.3, 0.4) is 0 Å². The number of fused-ring (bicyclic) bond motifs is 1. The maximum absolute atomic E-state index is 11.5. The molecule has 0 bridgehead atoms. The summed E-state index contributed by atoms with van der Waals surface area (Å²) in [5.41, 5.74) is -0.0556. The van der Waals surface area contributed by atoms with Gasteiger partial charge in [0.25, 0.3) is 0 Å². The minimum Gasteiger partial charge on any atom is -0.477 e. The van der Waals surface area contributed by atoms with Crippen LogP contribution in [0.5, 0.6) is 0 Å². The Morgan fingerprint density at radius 1 is 1.31 bits per heavy atom. The molecule has 0 unspecified atom stereocenters. The molecule has 1 heterocycles. The summed E-state index contributed by atoms with van der Waals surface area (Å²) < 4.78 is 0.